The molecule has 0 atom stereocenters. The SMILES string of the molecule is CC(C)(C)NCC1CCN(CC(C)(C)C(=O)O)CC1. The molecule has 0 radical (unpaired) electrons. The summed E-state index contributed by atoms with van der Waals surface area (Å²) in [6, 6.07) is 0. The molecule has 0 aromatic carbocycles. The van der Waals surface area contributed by atoms with E-state index in [4.69, 9.17) is 5.11 Å². The van der Waals surface area contributed by atoms with E-state index in [0.717, 1.165) is 25.6 Å². The van der Waals surface area contributed by atoms with Crippen LogP contribution in [0.1, 0.15) is 47.5 Å². The predicted octanol–water partition coefficient (Wildman–Crippen LogP) is 2.20. The van der Waals surface area contributed by atoms with Gasteiger partial charge in [0, 0.05) is 12.1 Å². The van der Waals surface area contributed by atoms with Gasteiger partial charge in [0.25, 0.3) is 0 Å². The lowest BCUT2D eigenvalue weighted by molar-refractivity contribution is -0.148. The monoisotopic (exact) mass is 270 g/mol. The largest absolute Gasteiger partial charge is 0.481 e. The van der Waals surface area contributed by atoms with Crippen LogP contribution in [0.25, 0.3) is 0 Å². The van der Waals surface area contributed by atoms with Crippen molar-refractivity contribution in [3.05, 3.63) is 0 Å². The Hall–Kier alpha value is -0.610. The van der Waals surface area contributed by atoms with Gasteiger partial charge in [0.2, 0.25) is 0 Å². The third kappa shape index (κ3) is 5.91. The molecule has 1 aliphatic rings. The fourth-order valence-electron chi connectivity index (χ4n) is 2.43. The first-order valence-electron chi connectivity index (χ1n) is 7.31. The minimum Gasteiger partial charge on any atom is -0.481 e. The molecule has 0 saturated carbocycles. The number of rotatable bonds is 5. The quantitative estimate of drug-likeness (QED) is 0.804. The number of aliphatic carboxylic acids is 1. The zero-order valence-corrected chi connectivity index (χ0v) is 13.1. The predicted molar refractivity (Wildman–Crippen MR) is 78.3 cm³/mol. The van der Waals surface area contributed by atoms with E-state index in [-0.39, 0.29) is 5.54 Å². The molecule has 0 aromatic heterocycles. The summed E-state index contributed by atoms with van der Waals surface area (Å²) >= 11 is 0. The number of piperidine rings is 1. The van der Waals surface area contributed by atoms with Crippen molar-refractivity contribution in [2.45, 2.75) is 53.0 Å². The highest BCUT2D eigenvalue weighted by Crippen LogP contribution is 2.23. The highest BCUT2D eigenvalue weighted by atomic mass is 16.4. The lowest BCUT2D eigenvalue weighted by Crippen LogP contribution is -2.46. The summed E-state index contributed by atoms with van der Waals surface area (Å²) in [6.45, 7) is 14.0. The average Bonchev–Trinajstić information content (AvgIpc) is 2.26. The number of carbonyl (C=O) groups is 1. The van der Waals surface area contributed by atoms with E-state index >= 15 is 0 Å². The minimum absolute atomic E-state index is 0.183. The van der Waals surface area contributed by atoms with Crippen LogP contribution in [-0.4, -0.2) is 47.7 Å². The zero-order valence-electron chi connectivity index (χ0n) is 13.1. The van der Waals surface area contributed by atoms with Crippen LogP contribution >= 0.6 is 0 Å². The van der Waals surface area contributed by atoms with Crippen molar-refractivity contribution in [1.29, 1.82) is 0 Å². The highest BCUT2D eigenvalue weighted by Gasteiger charge is 2.31. The molecule has 4 heteroatoms. The van der Waals surface area contributed by atoms with E-state index in [1.54, 1.807) is 0 Å². The van der Waals surface area contributed by atoms with E-state index in [1.165, 1.54) is 12.8 Å². The molecule has 1 aliphatic heterocycles. The Balaban J connectivity index is 2.31. The molecule has 1 fully saturated rings. The maximum absolute atomic E-state index is 11.1. The van der Waals surface area contributed by atoms with Crippen molar-refractivity contribution in [3.8, 4) is 0 Å². The van der Waals surface area contributed by atoms with Gasteiger partial charge in [0.05, 0.1) is 5.41 Å². The minimum atomic E-state index is -0.705. The number of hydrogen-bond acceptors (Lipinski definition) is 3. The first-order valence-corrected chi connectivity index (χ1v) is 7.31. The van der Waals surface area contributed by atoms with Gasteiger partial charge in [-0.1, -0.05) is 0 Å². The van der Waals surface area contributed by atoms with E-state index in [1.807, 2.05) is 13.8 Å². The Morgan fingerprint density at radius 1 is 1.21 bits per heavy atom. The molecule has 4 nitrogen and oxygen atoms in total. The highest BCUT2D eigenvalue weighted by molar-refractivity contribution is 5.73. The lowest BCUT2D eigenvalue weighted by Gasteiger charge is -2.36. The molecule has 19 heavy (non-hydrogen) atoms. The molecule has 0 bridgehead atoms. The van der Waals surface area contributed by atoms with Gasteiger partial charge in [-0.3, -0.25) is 4.79 Å². The summed E-state index contributed by atoms with van der Waals surface area (Å²) in [5, 5.41) is 12.7. The Bertz CT molecular complexity index is 300. The van der Waals surface area contributed by atoms with Crippen molar-refractivity contribution in [3.63, 3.8) is 0 Å². The second kappa shape index (κ2) is 6.23. The van der Waals surface area contributed by atoms with Gasteiger partial charge in [-0.05, 0) is 73.0 Å². The third-order valence-corrected chi connectivity index (χ3v) is 3.83. The number of likely N-dealkylation sites (tertiary alicyclic amines) is 1. The van der Waals surface area contributed by atoms with E-state index in [0.29, 0.717) is 6.54 Å². The molecular formula is C15H30N2O2. The summed E-state index contributed by atoms with van der Waals surface area (Å²) in [7, 11) is 0. The lowest BCUT2D eigenvalue weighted by atomic mass is 9.90. The average molecular weight is 270 g/mol. The molecule has 0 aliphatic carbocycles. The second-order valence-electron chi connectivity index (χ2n) is 7.54. The van der Waals surface area contributed by atoms with Crippen molar-refractivity contribution in [2.24, 2.45) is 11.3 Å². The normalized spacial score (nSPS) is 19.6. The molecular weight excluding hydrogens is 240 g/mol. The van der Waals surface area contributed by atoms with Gasteiger partial charge in [0.1, 0.15) is 0 Å². The van der Waals surface area contributed by atoms with Gasteiger partial charge >= 0.3 is 5.97 Å². The van der Waals surface area contributed by atoms with Crippen LogP contribution < -0.4 is 5.32 Å². The maximum atomic E-state index is 11.1. The van der Waals surface area contributed by atoms with Gasteiger partial charge in [-0.2, -0.15) is 0 Å². The molecule has 1 saturated heterocycles. The van der Waals surface area contributed by atoms with Crippen LogP contribution in [0.3, 0.4) is 0 Å². The van der Waals surface area contributed by atoms with Crippen LogP contribution in [0.15, 0.2) is 0 Å². The number of nitrogens with zero attached hydrogens (tertiary/aromatic N) is 1. The Labute approximate surface area is 117 Å². The van der Waals surface area contributed by atoms with Gasteiger partial charge in [-0.15, -0.1) is 0 Å². The van der Waals surface area contributed by atoms with Gasteiger partial charge < -0.3 is 15.3 Å². The Kier molecular flexibility index (Phi) is 5.39. The van der Waals surface area contributed by atoms with Gasteiger partial charge in [0.15, 0.2) is 0 Å². The topological polar surface area (TPSA) is 52.6 Å². The van der Waals surface area contributed by atoms with Crippen LogP contribution in [0.4, 0.5) is 0 Å². The summed E-state index contributed by atoms with van der Waals surface area (Å²) in [4.78, 5) is 13.4. The Morgan fingerprint density at radius 3 is 2.16 bits per heavy atom. The van der Waals surface area contributed by atoms with Crippen LogP contribution in [0, 0.1) is 11.3 Å². The van der Waals surface area contributed by atoms with E-state index in [2.05, 4.69) is 31.0 Å². The van der Waals surface area contributed by atoms with Gasteiger partial charge in [-0.25, -0.2) is 0 Å². The first-order chi connectivity index (χ1) is 8.60. The number of nitrogens with one attached hydrogen (secondary N) is 1. The van der Waals surface area contributed by atoms with Crippen molar-refractivity contribution < 1.29 is 9.90 Å². The van der Waals surface area contributed by atoms with E-state index in [9.17, 15) is 4.79 Å². The van der Waals surface area contributed by atoms with E-state index < -0.39 is 11.4 Å². The molecule has 1 heterocycles. The molecule has 0 unspecified atom stereocenters. The van der Waals surface area contributed by atoms with Crippen LogP contribution in [0.2, 0.25) is 0 Å². The maximum Gasteiger partial charge on any atom is 0.310 e. The smallest absolute Gasteiger partial charge is 0.310 e. The van der Waals surface area contributed by atoms with Crippen molar-refractivity contribution >= 4 is 5.97 Å². The summed E-state index contributed by atoms with van der Waals surface area (Å²) in [5.41, 5.74) is -0.459. The summed E-state index contributed by atoms with van der Waals surface area (Å²) in [6.07, 6.45) is 2.33. The Morgan fingerprint density at radius 2 is 1.74 bits per heavy atom. The second-order valence-corrected chi connectivity index (χ2v) is 7.54. The molecule has 112 valence electrons. The molecule has 0 aromatic rings. The molecule has 2 N–H and O–H groups in total. The molecule has 1 rings (SSSR count). The first kappa shape index (κ1) is 16.4. The van der Waals surface area contributed by atoms with Crippen LogP contribution in [-0.2, 0) is 4.79 Å². The number of hydrogen-bond donors (Lipinski definition) is 2. The van der Waals surface area contributed by atoms with Crippen LogP contribution in [0.5, 0.6) is 0 Å². The number of carboxylic acid groups (broad SMARTS) is 1. The zero-order chi connectivity index (χ0) is 14.7. The molecule has 0 spiro atoms. The standard InChI is InChI=1S/C15H30N2O2/c1-14(2,3)16-10-12-6-8-17(9-7-12)11-15(4,5)13(18)19/h12,16H,6-11H2,1-5H3,(H,18,19). The summed E-state index contributed by atoms with van der Waals surface area (Å²) in [5.74, 6) is 0.0208. The fraction of sp³-hybridized carbons (Fsp3) is 0.933. The number of carboxylic acids is 1. The fourth-order valence-corrected chi connectivity index (χ4v) is 2.43. The van der Waals surface area contributed by atoms with Crippen molar-refractivity contribution in [2.75, 3.05) is 26.2 Å². The third-order valence-electron chi connectivity index (χ3n) is 3.83. The van der Waals surface area contributed by atoms with Crippen molar-refractivity contribution in [1.82, 2.24) is 10.2 Å². The summed E-state index contributed by atoms with van der Waals surface area (Å²) < 4.78 is 0. The molecule has 0 amide bonds.